The van der Waals surface area contributed by atoms with Crippen LogP contribution in [0, 0.1) is 0 Å². The van der Waals surface area contributed by atoms with E-state index >= 15 is 0 Å². The Morgan fingerprint density at radius 2 is 1.92 bits per heavy atom. The molecule has 0 aliphatic carbocycles. The van der Waals surface area contributed by atoms with Crippen LogP contribution in [0.15, 0.2) is 24.3 Å². The molecule has 1 unspecified atom stereocenters. The van der Waals surface area contributed by atoms with Gasteiger partial charge in [0.2, 0.25) is 5.91 Å². The van der Waals surface area contributed by atoms with Crippen LogP contribution in [0.3, 0.4) is 0 Å². The van der Waals surface area contributed by atoms with Crippen molar-refractivity contribution < 1.29 is 4.79 Å². The molecule has 26 heavy (non-hydrogen) atoms. The van der Waals surface area contributed by atoms with Gasteiger partial charge in [-0.15, -0.1) is 0 Å². The Hall–Kier alpha value is -1.10. The average Bonchev–Trinajstić information content (AvgIpc) is 2.63. The van der Waals surface area contributed by atoms with Crippen molar-refractivity contribution in [2.45, 2.75) is 51.6 Å². The highest BCUT2D eigenvalue weighted by Gasteiger charge is 2.27. The number of carbonyl (C=O) groups is 1. The summed E-state index contributed by atoms with van der Waals surface area (Å²) in [7, 11) is 0. The Kier molecular flexibility index (Phi) is 7.35. The predicted octanol–water partition coefficient (Wildman–Crippen LogP) is 3.64. The second-order valence-electron chi connectivity index (χ2n) is 7.78. The molecule has 2 aliphatic heterocycles. The summed E-state index contributed by atoms with van der Waals surface area (Å²) in [6.45, 7) is 8.97. The second-order valence-corrected chi connectivity index (χ2v) is 8.21. The van der Waals surface area contributed by atoms with E-state index in [1.54, 1.807) is 6.92 Å². The zero-order valence-corrected chi connectivity index (χ0v) is 16.8. The van der Waals surface area contributed by atoms with Gasteiger partial charge in [-0.3, -0.25) is 9.69 Å². The fourth-order valence-electron chi connectivity index (χ4n) is 4.35. The molecule has 0 spiro atoms. The van der Waals surface area contributed by atoms with Crippen LogP contribution in [0.5, 0.6) is 0 Å². The summed E-state index contributed by atoms with van der Waals surface area (Å²) in [5, 5.41) is 0.794. The van der Waals surface area contributed by atoms with Gasteiger partial charge in [0.1, 0.15) is 0 Å². The van der Waals surface area contributed by atoms with Gasteiger partial charge in [0.25, 0.3) is 0 Å². The number of nitrogens with zero attached hydrogens (tertiary/aromatic N) is 3. The van der Waals surface area contributed by atoms with Crippen LogP contribution in [0.25, 0.3) is 0 Å². The van der Waals surface area contributed by atoms with Gasteiger partial charge in [0.15, 0.2) is 0 Å². The Balaban J connectivity index is 1.55. The third-order valence-corrected chi connectivity index (χ3v) is 5.96. The normalized spacial score (nSPS) is 22.3. The standard InChI is InChI=1S/C21H32ClN3O/c1-18(26)25(14-13-23-10-3-2-4-11-23)21-9-6-12-24(17-21)16-19-7-5-8-20(22)15-19/h5,7-8,15,21H,2-4,6,9-14,16-17H2,1H3. The Labute approximate surface area is 163 Å². The summed E-state index contributed by atoms with van der Waals surface area (Å²) >= 11 is 6.12. The number of piperidine rings is 2. The van der Waals surface area contributed by atoms with Crippen LogP contribution >= 0.6 is 11.6 Å². The van der Waals surface area contributed by atoms with Crippen molar-refractivity contribution in [1.29, 1.82) is 0 Å². The van der Waals surface area contributed by atoms with Crippen molar-refractivity contribution >= 4 is 17.5 Å². The highest BCUT2D eigenvalue weighted by molar-refractivity contribution is 6.30. The number of amides is 1. The molecule has 1 atom stereocenters. The largest absolute Gasteiger partial charge is 0.337 e. The first-order valence-corrected chi connectivity index (χ1v) is 10.5. The molecule has 5 heteroatoms. The summed E-state index contributed by atoms with van der Waals surface area (Å²) in [6, 6.07) is 8.45. The van der Waals surface area contributed by atoms with Crippen molar-refractivity contribution in [2.24, 2.45) is 0 Å². The Bertz CT molecular complexity index is 588. The maximum Gasteiger partial charge on any atom is 0.219 e. The zero-order valence-electron chi connectivity index (χ0n) is 16.0. The lowest BCUT2D eigenvalue weighted by Gasteiger charge is -2.40. The van der Waals surface area contributed by atoms with Crippen molar-refractivity contribution in [3.05, 3.63) is 34.9 Å². The molecular weight excluding hydrogens is 346 g/mol. The van der Waals surface area contributed by atoms with E-state index in [9.17, 15) is 4.79 Å². The van der Waals surface area contributed by atoms with Crippen molar-refractivity contribution in [1.82, 2.24) is 14.7 Å². The predicted molar refractivity (Wildman–Crippen MR) is 107 cm³/mol. The highest BCUT2D eigenvalue weighted by Crippen LogP contribution is 2.20. The van der Waals surface area contributed by atoms with Crippen molar-refractivity contribution in [3.8, 4) is 0 Å². The van der Waals surface area contributed by atoms with Crippen molar-refractivity contribution in [2.75, 3.05) is 39.3 Å². The molecule has 1 amide bonds. The zero-order chi connectivity index (χ0) is 18.4. The van der Waals surface area contributed by atoms with Crippen molar-refractivity contribution in [3.63, 3.8) is 0 Å². The molecule has 144 valence electrons. The summed E-state index contributed by atoms with van der Waals surface area (Å²) in [5.74, 6) is 0.219. The first-order chi connectivity index (χ1) is 12.6. The molecule has 3 rings (SSSR count). The fraction of sp³-hybridized carbons (Fsp3) is 0.667. The number of hydrogen-bond acceptors (Lipinski definition) is 3. The second kappa shape index (κ2) is 9.72. The molecule has 1 aromatic rings. The maximum absolute atomic E-state index is 12.3. The minimum Gasteiger partial charge on any atom is -0.337 e. The van der Waals surface area contributed by atoms with Crippen LogP contribution in [0.2, 0.25) is 5.02 Å². The molecule has 2 heterocycles. The number of likely N-dealkylation sites (tertiary alicyclic amines) is 2. The van der Waals surface area contributed by atoms with E-state index in [2.05, 4.69) is 20.8 Å². The number of halogens is 1. The summed E-state index contributed by atoms with van der Waals surface area (Å²) in [6.07, 6.45) is 6.23. The maximum atomic E-state index is 12.3. The topological polar surface area (TPSA) is 26.8 Å². The minimum atomic E-state index is 0.219. The van der Waals surface area contributed by atoms with Gasteiger partial charge in [-0.25, -0.2) is 0 Å². The number of benzene rings is 1. The van der Waals surface area contributed by atoms with Crippen LogP contribution in [-0.4, -0.2) is 65.9 Å². The minimum absolute atomic E-state index is 0.219. The molecule has 0 radical (unpaired) electrons. The lowest BCUT2D eigenvalue weighted by Crippen LogP contribution is -2.51. The lowest BCUT2D eigenvalue weighted by atomic mass is 10.0. The first-order valence-electron chi connectivity index (χ1n) is 10.1. The van der Waals surface area contributed by atoms with Gasteiger partial charge in [0.05, 0.1) is 0 Å². The molecule has 1 aromatic carbocycles. The molecule has 0 bridgehead atoms. The van der Waals surface area contributed by atoms with Gasteiger partial charge < -0.3 is 9.80 Å². The third-order valence-electron chi connectivity index (χ3n) is 5.73. The van der Waals surface area contributed by atoms with E-state index in [-0.39, 0.29) is 5.91 Å². The quantitative estimate of drug-likeness (QED) is 0.757. The number of carbonyl (C=O) groups excluding carboxylic acids is 1. The fourth-order valence-corrected chi connectivity index (χ4v) is 4.56. The molecule has 2 aliphatic rings. The van der Waals surface area contributed by atoms with E-state index in [1.165, 1.54) is 37.9 Å². The van der Waals surface area contributed by atoms with Crippen LogP contribution < -0.4 is 0 Å². The lowest BCUT2D eigenvalue weighted by molar-refractivity contribution is -0.132. The highest BCUT2D eigenvalue weighted by atomic mass is 35.5. The molecule has 0 N–H and O–H groups in total. The molecule has 4 nitrogen and oxygen atoms in total. The van der Waals surface area contributed by atoms with Crippen LogP contribution in [0.1, 0.15) is 44.6 Å². The molecular formula is C21H32ClN3O. The van der Waals surface area contributed by atoms with Gasteiger partial charge in [0, 0.05) is 44.2 Å². The van der Waals surface area contributed by atoms with Crippen LogP contribution in [0.4, 0.5) is 0 Å². The molecule has 0 saturated carbocycles. The Morgan fingerprint density at radius 3 is 2.65 bits per heavy atom. The summed E-state index contributed by atoms with van der Waals surface area (Å²) in [5.41, 5.74) is 1.25. The van der Waals surface area contributed by atoms with E-state index in [0.29, 0.717) is 6.04 Å². The Morgan fingerprint density at radius 1 is 1.15 bits per heavy atom. The van der Waals surface area contributed by atoms with E-state index in [1.807, 2.05) is 18.2 Å². The van der Waals surface area contributed by atoms with Gasteiger partial charge in [-0.1, -0.05) is 30.2 Å². The van der Waals surface area contributed by atoms with Gasteiger partial charge in [-0.05, 0) is 63.0 Å². The molecule has 0 aromatic heterocycles. The smallest absolute Gasteiger partial charge is 0.219 e. The third kappa shape index (κ3) is 5.70. The number of rotatable bonds is 6. The van der Waals surface area contributed by atoms with E-state index in [0.717, 1.165) is 50.6 Å². The molecule has 2 fully saturated rings. The summed E-state index contributed by atoms with van der Waals surface area (Å²) in [4.78, 5) is 19.4. The first kappa shape index (κ1) is 19.7. The molecule has 2 saturated heterocycles. The summed E-state index contributed by atoms with van der Waals surface area (Å²) < 4.78 is 0. The van der Waals surface area contributed by atoms with Crippen LogP contribution in [-0.2, 0) is 11.3 Å². The average molecular weight is 378 g/mol. The SMILES string of the molecule is CC(=O)N(CCN1CCCCC1)C1CCCN(Cc2cccc(Cl)c2)C1. The number of hydrogen-bond donors (Lipinski definition) is 0. The van der Waals surface area contributed by atoms with Gasteiger partial charge in [-0.2, -0.15) is 0 Å². The van der Waals surface area contributed by atoms with E-state index < -0.39 is 0 Å². The monoisotopic (exact) mass is 377 g/mol. The van der Waals surface area contributed by atoms with E-state index in [4.69, 9.17) is 11.6 Å². The van der Waals surface area contributed by atoms with Gasteiger partial charge >= 0.3 is 0 Å².